The molecule has 0 aliphatic heterocycles. The number of benzene rings is 1. The second kappa shape index (κ2) is 5.24. The van der Waals surface area contributed by atoms with Crippen molar-refractivity contribution in [1.29, 1.82) is 0 Å². The molecule has 0 saturated heterocycles. The van der Waals surface area contributed by atoms with Crippen LogP contribution in [0.1, 0.15) is 0 Å². The SMILES string of the molecule is C=N/C(=N\Cl)Nc1cccc(S(C)(=O)=O)c1F. The standard InChI is InChI=1S/C9H9ClFN3O2S/c1-12-9(14-10)13-6-4-3-5-7(8(6)11)17(2,15)16/h3-5H,1H2,2H3,(H,13,14). The molecule has 0 spiro atoms. The highest BCUT2D eigenvalue weighted by atomic mass is 35.5. The Morgan fingerprint density at radius 2 is 2.18 bits per heavy atom. The van der Waals surface area contributed by atoms with E-state index in [2.05, 4.69) is 21.5 Å². The molecule has 92 valence electrons. The van der Waals surface area contributed by atoms with E-state index in [1.807, 2.05) is 0 Å². The predicted octanol–water partition coefficient (Wildman–Crippen LogP) is 1.85. The number of nitrogens with zero attached hydrogens (tertiary/aromatic N) is 2. The lowest BCUT2D eigenvalue weighted by Gasteiger charge is -2.08. The maximum Gasteiger partial charge on any atom is 0.239 e. The monoisotopic (exact) mass is 277 g/mol. The smallest absolute Gasteiger partial charge is 0.239 e. The summed E-state index contributed by atoms with van der Waals surface area (Å²) in [6.07, 6.45) is 0.914. The Kier molecular flexibility index (Phi) is 4.19. The third kappa shape index (κ3) is 3.24. The van der Waals surface area contributed by atoms with Crippen LogP contribution in [-0.2, 0) is 9.84 Å². The fourth-order valence-corrected chi connectivity index (χ4v) is 1.96. The highest BCUT2D eigenvalue weighted by Gasteiger charge is 2.16. The molecule has 0 amide bonds. The summed E-state index contributed by atoms with van der Waals surface area (Å²) >= 11 is 5.15. The van der Waals surface area contributed by atoms with Crippen LogP contribution in [0.2, 0.25) is 0 Å². The van der Waals surface area contributed by atoms with Crippen LogP contribution < -0.4 is 5.32 Å². The van der Waals surface area contributed by atoms with Gasteiger partial charge in [-0.3, -0.25) is 0 Å². The molecule has 1 N–H and O–H groups in total. The Bertz CT molecular complexity index is 572. The molecular formula is C9H9ClFN3O2S. The lowest BCUT2D eigenvalue weighted by molar-refractivity contribution is 0.573. The van der Waals surface area contributed by atoms with Gasteiger partial charge in [0.1, 0.15) is 4.90 Å². The van der Waals surface area contributed by atoms with Crippen LogP contribution >= 0.6 is 11.8 Å². The van der Waals surface area contributed by atoms with Gasteiger partial charge < -0.3 is 5.32 Å². The number of hydrogen-bond donors (Lipinski definition) is 1. The zero-order chi connectivity index (χ0) is 13.1. The van der Waals surface area contributed by atoms with Crippen LogP contribution in [-0.4, -0.2) is 27.4 Å². The second-order valence-electron chi connectivity index (χ2n) is 3.08. The summed E-state index contributed by atoms with van der Waals surface area (Å²) in [5, 5.41) is 2.41. The van der Waals surface area contributed by atoms with Crippen LogP contribution in [0, 0.1) is 5.82 Å². The Labute approximate surface area is 103 Å². The van der Waals surface area contributed by atoms with E-state index in [4.69, 9.17) is 11.8 Å². The Balaban J connectivity index is 3.25. The molecule has 0 unspecified atom stereocenters. The van der Waals surface area contributed by atoms with Crippen molar-refractivity contribution in [3.05, 3.63) is 24.0 Å². The van der Waals surface area contributed by atoms with Gasteiger partial charge in [0.25, 0.3) is 0 Å². The molecule has 5 nitrogen and oxygen atoms in total. The van der Waals surface area contributed by atoms with Crippen LogP contribution in [0.15, 0.2) is 32.6 Å². The first-order valence-electron chi connectivity index (χ1n) is 4.31. The number of hydrogen-bond acceptors (Lipinski definition) is 3. The summed E-state index contributed by atoms with van der Waals surface area (Å²) in [6.45, 7) is 3.16. The summed E-state index contributed by atoms with van der Waals surface area (Å²) in [4.78, 5) is 2.96. The third-order valence-corrected chi connectivity index (χ3v) is 3.11. The quantitative estimate of drug-likeness (QED) is 0.662. The zero-order valence-corrected chi connectivity index (χ0v) is 10.4. The van der Waals surface area contributed by atoms with Gasteiger partial charge in [0.15, 0.2) is 15.7 Å². The molecule has 8 heteroatoms. The van der Waals surface area contributed by atoms with E-state index in [0.29, 0.717) is 0 Å². The van der Waals surface area contributed by atoms with Gasteiger partial charge in [-0.2, -0.15) is 0 Å². The summed E-state index contributed by atoms with van der Waals surface area (Å²) in [5.41, 5.74) is -0.0975. The van der Waals surface area contributed by atoms with Gasteiger partial charge >= 0.3 is 0 Å². The minimum Gasteiger partial charge on any atom is -0.321 e. The minimum absolute atomic E-state index is 0.0975. The van der Waals surface area contributed by atoms with Crippen molar-refractivity contribution in [3.63, 3.8) is 0 Å². The van der Waals surface area contributed by atoms with Crippen molar-refractivity contribution in [1.82, 2.24) is 0 Å². The molecule has 0 heterocycles. The van der Waals surface area contributed by atoms with Gasteiger partial charge in [-0.15, -0.1) is 4.51 Å². The van der Waals surface area contributed by atoms with E-state index in [1.165, 1.54) is 12.1 Å². The van der Waals surface area contributed by atoms with E-state index >= 15 is 0 Å². The van der Waals surface area contributed by atoms with Crippen LogP contribution in [0.3, 0.4) is 0 Å². The molecule has 17 heavy (non-hydrogen) atoms. The van der Waals surface area contributed by atoms with Crippen molar-refractivity contribution in [2.45, 2.75) is 4.90 Å². The molecular weight excluding hydrogens is 269 g/mol. The minimum atomic E-state index is -3.64. The van der Waals surface area contributed by atoms with Gasteiger partial charge in [-0.1, -0.05) is 6.07 Å². The highest BCUT2D eigenvalue weighted by Crippen LogP contribution is 2.22. The average molecular weight is 278 g/mol. The number of guanidine groups is 1. The van der Waals surface area contributed by atoms with Crippen molar-refractivity contribution in [3.8, 4) is 0 Å². The Morgan fingerprint density at radius 1 is 1.53 bits per heavy atom. The largest absolute Gasteiger partial charge is 0.321 e. The molecule has 0 bridgehead atoms. The molecule has 0 radical (unpaired) electrons. The summed E-state index contributed by atoms with van der Waals surface area (Å²) in [5.74, 6) is -1.05. The Hall–Kier alpha value is -1.47. The molecule has 0 aliphatic carbocycles. The predicted molar refractivity (Wildman–Crippen MR) is 66.0 cm³/mol. The van der Waals surface area contributed by atoms with E-state index in [9.17, 15) is 12.8 Å². The topological polar surface area (TPSA) is 70.9 Å². The fraction of sp³-hybridized carbons (Fsp3) is 0.111. The van der Waals surface area contributed by atoms with Crippen LogP contribution in [0.5, 0.6) is 0 Å². The van der Waals surface area contributed by atoms with Gasteiger partial charge in [0, 0.05) is 18.0 Å². The first-order valence-corrected chi connectivity index (χ1v) is 6.54. The molecule has 1 rings (SSSR count). The lowest BCUT2D eigenvalue weighted by Crippen LogP contribution is -2.11. The van der Waals surface area contributed by atoms with Crippen molar-refractivity contribution >= 4 is 40.0 Å². The summed E-state index contributed by atoms with van der Waals surface area (Å²) in [7, 11) is -3.64. The Morgan fingerprint density at radius 3 is 2.65 bits per heavy atom. The van der Waals surface area contributed by atoms with E-state index in [1.54, 1.807) is 0 Å². The maximum atomic E-state index is 13.8. The molecule has 1 aromatic carbocycles. The highest BCUT2D eigenvalue weighted by molar-refractivity contribution is 7.90. The number of aliphatic imine (C=N–C) groups is 1. The van der Waals surface area contributed by atoms with E-state index in [-0.39, 0.29) is 11.6 Å². The van der Waals surface area contributed by atoms with Gasteiger partial charge in [0.2, 0.25) is 5.96 Å². The lowest BCUT2D eigenvalue weighted by atomic mass is 10.3. The zero-order valence-electron chi connectivity index (χ0n) is 8.81. The third-order valence-electron chi connectivity index (χ3n) is 1.84. The van der Waals surface area contributed by atoms with Crippen molar-refractivity contribution in [2.24, 2.45) is 9.50 Å². The molecule has 1 aromatic rings. The van der Waals surface area contributed by atoms with Gasteiger partial charge in [0.05, 0.1) is 5.69 Å². The van der Waals surface area contributed by atoms with Gasteiger partial charge in [-0.25, -0.2) is 17.8 Å². The first kappa shape index (κ1) is 13.6. The number of sulfone groups is 1. The van der Waals surface area contributed by atoms with E-state index < -0.39 is 20.5 Å². The molecule has 0 aromatic heterocycles. The maximum absolute atomic E-state index is 13.8. The number of rotatable bonds is 2. The molecule has 0 fully saturated rings. The molecule has 0 atom stereocenters. The molecule has 0 aliphatic rings. The fourth-order valence-electron chi connectivity index (χ4n) is 1.10. The average Bonchev–Trinajstić information content (AvgIpc) is 2.26. The second-order valence-corrected chi connectivity index (χ2v) is 5.23. The first-order chi connectivity index (χ1) is 7.90. The normalized spacial score (nSPS) is 12.3. The molecule has 0 saturated carbocycles. The van der Waals surface area contributed by atoms with Crippen molar-refractivity contribution < 1.29 is 12.8 Å². The number of anilines is 1. The summed E-state index contributed by atoms with van der Waals surface area (Å²) in [6, 6.07) is 3.88. The van der Waals surface area contributed by atoms with Crippen molar-refractivity contribution in [2.75, 3.05) is 11.6 Å². The summed E-state index contributed by atoms with van der Waals surface area (Å²) < 4.78 is 39.5. The van der Waals surface area contributed by atoms with E-state index in [0.717, 1.165) is 12.3 Å². The number of nitrogens with one attached hydrogen (secondary N) is 1. The van der Waals surface area contributed by atoms with Gasteiger partial charge in [-0.05, 0) is 18.9 Å². The van der Waals surface area contributed by atoms with Crippen LogP contribution in [0.25, 0.3) is 0 Å². The number of halogens is 2. The van der Waals surface area contributed by atoms with Crippen LogP contribution in [0.4, 0.5) is 10.1 Å².